The maximum atomic E-state index is 5.92. The second kappa shape index (κ2) is 3.07. The fourth-order valence-electron chi connectivity index (χ4n) is 1.04. The molecule has 2 atom stereocenters. The highest BCUT2D eigenvalue weighted by Crippen LogP contribution is 2.27. The first-order valence-electron chi connectivity index (χ1n) is 3.09. The van der Waals surface area contributed by atoms with Gasteiger partial charge in [0.15, 0.2) is 0 Å². The van der Waals surface area contributed by atoms with Crippen molar-refractivity contribution in [3.63, 3.8) is 0 Å². The van der Waals surface area contributed by atoms with Crippen molar-refractivity contribution in [1.29, 1.82) is 0 Å². The van der Waals surface area contributed by atoms with Crippen LogP contribution in [-0.4, -0.2) is 10.2 Å². The molecule has 1 rings (SSSR count). The van der Waals surface area contributed by atoms with Crippen molar-refractivity contribution >= 4 is 27.5 Å². The van der Waals surface area contributed by atoms with Gasteiger partial charge in [0.05, 0.1) is 0 Å². The van der Waals surface area contributed by atoms with Crippen LogP contribution >= 0.6 is 27.5 Å². The molecule has 0 amide bonds. The number of alkyl halides is 2. The van der Waals surface area contributed by atoms with E-state index in [-0.39, 0.29) is 0 Å². The molecule has 0 radical (unpaired) electrons. The molecule has 0 heterocycles. The van der Waals surface area contributed by atoms with E-state index in [1.807, 2.05) is 0 Å². The van der Waals surface area contributed by atoms with Crippen LogP contribution in [0.3, 0.4) is 0 Å². The van der Waals surface area contributed by atoms with Gasteiger partial charge in [0.1, 0.15) is 0 Å². The van der Waals surface area contributed by atoms with Crippen molar-refractivity contribution in [1.82, 2.24) is 0 Å². The molecule has 0 N–H and O–H groups in total. The molecule has 1 fully saturated rings. The molecule has 0 aromatic heterocycles. The van der Waals surface area contributed by atoms with Gasteiger partial charge in [-0.3, -0.25) is 0 Å². The minimum Gasteiger partial charge on any atom is -0.122 e. The predicted molar refractivity (Wildman–Crippen MR) is 40.8 cm³/mol. The normalized spacial score (nSPS) is 39.8. The maximum absolute atomic E-state index is 5.92. The van der Waals surface area contributed by atoms with Gasteiger partial charge in [0, 0.05) is 10.2 Å². The summed E-state index contributed by atoms with van der Waals surface area (Å²) in [7, 11) is 0. The Balaban J connectivity index is 2.28. The number of hydrogen-bond acceptors (Lipinski definition) is 0. The van der Waals surface area contributed by atoms with Gasteiger partial charge in [0.25, 0.3) is 0 Å². The molecule has 0 bridgehead atoms. The monoisotopic (exact) mass is 196 g/mol. The molecule has 8 heavy (non-hydrogen) atoms. The van der Waals surface area contributed by atoms with Crippen LogP contribution in [0.5, 0.6) is 0 Å². The van der Waals surface area contributed by atoms with E-state index in [2.05, 4.69) is 15.9 Å². The first kappa shape index (κ1) is 6.88. The highest BCUT2D eigenvalue weighted by molar-refractivity contribution is 9.09. The SMILES string of the molecule is Cl[C@@H]1CCCC[C@@H]1Br. The third-order valence-electron chi connectivity index (χ3n) is 1.60. The summed E-state index contributed by atoms with van der Waals surface area (Å²) in [6.07, 6.45) is 5.11. The quantitative estimate of drug-likeness (QED) is 0.524. The van der Waals surface area contributed by atoms with Gasteiger partial charge >= 0.3 is 0 Å². The summed E-state index contributed by atoms with van der Waals surface area (Å²) < 4.78 is 0. The van der Waals surface area contributed by atoms with E-state index in [9.17, 15) is 0 Å². The Morgan fingerprint density at radius 3 is 2.25 bits per heavy atom. The second-order valence-electron chi connectivity index (χ2n) is 2.32. The molecular weight excluding hydrogens is 187 g/mol. The van der Waals surface area contributed by atoms with Gasteiger partial charge in [-0.15, -0.1) is 11.6 Å². The summed E-state index contributed by atoms with van der Waals surface area (Å²) in [5.41, 5.74) is 0. The summed E-state index contributed by atoms with van der Waals surface area (Å²) in [5.74, 6) is 0. The predicted octanol–water partition coefficient (Wildman–Crippen LogP) is 2.93. The minimum atomic E-state index is 0.392. The summed E-state index contributed by atoms with van der Waals surface area (Å²) >= 11 is 9.44. The highest BCUT2D eigenvalue weighted by atomic mass is 79.9. The van der Waals surface area contributed by atoms with Crippen LogP contribution in [0.2, 0.25) is 0 Å². The second-order valence-corrected chi connectivity index (χ2v) is 4.05. The van der Waals surface area contributed by atoms with Crippen LogP contribution in [0, 0.1) is 0 Å². The topological polar surface area (TPSA) is 0 Å². The number of halogens is 2. The molecule has 1 aliphatic rings. The summed E-state index contributed by atoms with van der Waals surface area (Å²) in [4.78, 5) is 0.581. The van der Waals surface area contributed by atoms with Crippen molar-refractivity contribution in [3.8, 4) is 0 Å². The minimum absolute atomic E-state index is 0.392. The van der Waals surface area contributed by atoms with Gasteiger partial charge in [-0.25, -0.2) is 0 Å². The van der Waals surface area contributed by atoms with Gasteiger partial charge in [-0.2, -0.15) is 0 Å². The first-order valence-corrected chi connectivity index (χ1v) is 4.44. The molecule has 0 saturated heterocycles. The van der Waals surface area contributed by atoms with Crippen LogP contribution in [0.15, 0.2) is 0 Å². The molecule has 2 heteroatoms. The van der Waals surface area contributed by atoms with Crippen molar-refractivity contribution in [3.05, 3.63) is 0 Å². The highest BCUT2D eigenvalue weighted by Gasteiger charge is 2.19. The van der Waals surface area contributed by atoms with Crippen molar-refractivity contribution in [2.75, 3.05) is 0 Å². The van der Waals surface area contributed by atoms with Crippen LogP contribution < -0.4 is 0 Å². The van der Waals surface area contributed by atoms with Crippen molar-refractivity contribution in [2.45, 2.75) is 35.9 Å². The number of hydrogen-bond donors (Lipinski definition) is 0. The van der Waals surface area contributed by atoms with E-state index in [1.54, 1.807) is 0 Å². The fourth-order valence-corrected chi connectivity index (χ4v) is 1.91. The Bertz CT molecular complexity index is 64.9. The lowest BCUT2D eigenvalue weighted by atomic mass is 10.0. The van der Waals surface area contributed by atoms with Crippen LogP contribution in [-0.2, 0) is 0 Å². The molecule has 0 unspecified atom stereocenters. The van der Waals surface area contributed by atoms with E-state index < -0.39 is 0 Å². The standard InChI is InChI=1S/C6H10BrCl/c7-5-3-1-2-4-6(5)8/h5-6H,1-4H2/t5-,6+/m0/s1. The fraction of sp³-hybridized carbons (Fsp3) is 1.00. The maximum Gasteiger partial charge on any atom is 0.0461 e. The smallest absolute Gasteiger partial charge is 0.0461 e. The van der Waals surface area contributed by atoms with E-state index >= 15 is 0 Å². The molecule has 1 saturated carbocycles. The Morgan fingerprint density at radius 1 is 1.25 bits per heavy atom. The largest absolute Gasteiger partial charge is 0.122 e. The third-order valence-corrected chi connectivity index (χ3v) is 3.53. The van der Waals surface area contributed by atoms with E-state index in [0.717, 1.165) is 0 Å². The molecule has 0 aromatic carbocycles. The van der Waals surface area contributed by atoms with Crippen LogP contribution in [0.25, 0.3) is 0 Å². The lowest BCUT2D eigenvalue weighted by Crippen LogP contribution is -2.18. The van der Waals surface area contributed by atoms with Gasteiger partial charge < -0.3 is 0 Å². The zero-order chi connectivity index (χ0) is 5.98. The first-order chi connectivity index (χ1) is 3.80. The zero-order valence-electron chi connectivity index (χ0n) is 4.74. The Morgan fingerprint density at radius 2 is 1.88 bits per heavy atom. The van der Waals surface area contributed by atoms with E-state index in [0.29, 0.717) is 10.2 Å². The molecule has 0 nitrogen and oxygen atoms in total. The summed E-state index contributed by atoms with van der Waals surface area (Å²) in [5, 5.41) is 0.392. The average molecular weight is 198 g/mol. The van der Waals surface area contributed by atoms with E-state index in [4.69, 9.17) is 11.6 Å². The van der Waals surface area contributed by atoms with E-state index in [1.165, 1.54) is 25.7 Å². The van der Waals surface area contributed by atoms with Crippen molar-refractivity contribution in [2.24, 2.45) is 0 Å². The van der Waals surface area contributed by atoms with Gasteiger partial charge in [0.2, 0.25) is 0 Å². The lowest BCUT2D eigenvalue weighted by Gasteiger charge is -2.20. The lowest BCUT2D eigenvalue weighted by molar-refractivity contribution is 0.528. The third kappa shape index (κ3) is 1.63. The molecule has 1 aliphatic carbocycles. The molecular formula is C6H10BrCl. The molecule has 48 valence electrons. The van der Waals surface area contributed by atoms with Gasteiger partial charge in [-0.05, 0) is 12.8 Å². The van der Waals surface area contributed by atoms with Crippen molar-refractivity contribution < 1.29 is 0 Å². The van der Waals surface area contributed by atoms with Gasteiger partial charge in [-0.1, -0.05) is 28.8 Å². The molecule has 0 aliphatic heterocycles. The van der Waals surface area contributed by atoms with Crippen LogP contribution in [0.1, 0.15) is 25.7 Å². The van der Waals surface area contributed by atoms with Crippen LogP contribution in [0.4, 0.5) is 0 Å². The molecule has 0 aromatic rings. The summed E-state index contributed by atoms with van der Waals surface area (Å²) in [6.45, 7) is 0. The summed E-state index contributed by atoms with van der Waals surface area (Å²) in [6, 6.07) is 0. The Labute approximate surface area is 63.7 Å². The number of rotatable bonds is 0. The Hall–Kier alpha value is 0.770. The average Bonchev–Trinajstić information content (AvgIpc) is 1.77. The zero-order valence-corrected chi connectivity index (χ0v) is 7.08. The molecule has 0 spiro atoms. The Kier molecular flexibility index (Phi) is 2.64.